The van der Waals surface area contributed by atoms with Crippen molar-refractivity contribution in [3.63, 3.8) is 0 Å². The molecule has 1 aromatic rings. The molecule has 1 unspecified atom stereocenters. The molecule has 2 fully saturated rings. The van der Waals surface area contributed by atoms with E-state index >= 15 is 0 Å². The van der Waals surface area contributed by atoms with Gasteiger partial charge in [0.15, 0.2) is 0 Å². The predicted octanol–water partition coefficient (Wildman–Crippen LogP) is 2.23. The Morgan fingerprint density at radius 3 is 2.76 bits per heavy atom. The largest absolute Gasteiger partial charge is 0.339 e. The highest BCUT2D eigenvalue weighted by Gasteiger charge is 2.35. The number of amides is 1. The van der Waals surface area contributed by atoms with E-state index in [1.54, 1.807) is 11.3 Å². The molecule has 0 saturated carbocycles. The lowest BCUT2D eigenvalue weighted by molar-refractivity contribution is -0.130. The van der Waals surface area contributed by atoms with Gasteiger partial charge in [-0.2, -0.15) is 0 Å². The van der Waals surface area contributed by atoms with Crippen LogP contribution in [0.4, 0.5) is 4.39 Å². The molecule has 0 radical (unpaired) electrons. The zero-order valence-corrected chi connectivity index (χ0v) is 13.2. The number of hydrogen-bond donors (Lipinski definition) is 0. The van der Waals surface area contributed by atoms with Crippen LogP contribution < -0.4 is 0 Å². The minimum atomic E-state index is -0.371. The Labute approximate surface area is 129 Å². The Kier molecular flexibility index (Phi) is 4.54. The molecule has 0 aliphatic carbocycles. The number of hydrogen-bond acceptors (Lipinski definition) is 4. The number of alkyl halides is 1. The number of aromatic nitrogens is 1. The maximum Gasteiger partial charge on any atom is 0.223 e. The van der Waals surface area contributed by atoms with Gasteiger partial charge < -0.3 is 4.90 Å². The Bertz CT molecular complexity index is 499. The van der Waals surface area contributed by atoms with Crippen LogP contribution in [-0.4, -0.2) is 53.0 Å². The van der Waals surface area contributed by atoms with Gasteiger partial charge >= 0.3 is 0 Å². The minimum Gasteiger partial charge on any atom is -0.339 e. The highest BCUT2D eigenvalue weighted by molar-refractivity contribution is 7.09. The van der Waals surface area contributed by atoms with Crippen molar-refractivity contribution in [2.45, 2.75) is 38.8 Å². The van der Waals surface area contributed by atoms with Crippen molar-refractivity contribution < 1.29 is 9.18 Å². The lowest BCUT2D eigenvalue weighted by Crippen LogP contribution is -2.45. The first-order valence-corrected chi connectivity index (χ1v) is 8.52. The van der Waals surface area contributed by atoms with Crippen LogP contribution in [0.3, 0.4) is 0 Å². The molecule has 3 heterocycles. The molecule has 0 spiro atoms. The SMILES string of the molecule is Cc1nc(CN2CCC(N3CC(CF)CC3=O)CC2)cs1. The third-order valence-corrected chi connectivity index (χ3v) is 5.33. The van der Waals surface area contributed by atoms with Crippen molar-refractivity contribution in [1.82, 2.24) is 14.8 Å². The van der Waals surface area contributed by atoms with E-state index < -0.39 is 0 Å². The third-order valence-electron chi connectivity index (χ3n) is 4.51. The van der Waals surface area contributed by atoms with Gasteiger partial charge in [0.2, 0.25) is 5.91 Å². The van der Waals surface area contributed by atoms with Crippen LogP contribution in [0.25, 0.3) is 0 Å². The number of rotatable bonds is 4. The molecule has 1 atom stereocenters. The second kappa shape index (κ2) is 6.40. The molecule has 3 rings (SSSR count). The summed E-state index contributed by atoms with van der Waals surface area (Å²) in [7, 11) is 0. The summed E-state index contributed by atoms with van der Waals surface area (Å²) in [6, 6.07) is 0.308. The smallest absolute Gasteiger partial charge is 0.223 e. The van der Waals surface area contributed by atoms with Crippen LogP contribution in [0.5, 0.6) is 0 Å². The van der Waals surface area contributed by atoms with Crippen LogP contribution in [0.2, 0.25) is 0 Å². The van der Waals surface area contributed by atoms with E-state index in [9.17, 15) is 9.18 Å². The minimum absolute atomic E-state index is 0.0755. The maximum atomic E-state index is 12.7. The van der Waals surface area contributed by atoms with Gasteiger partial charge in [-0.3, -0.25) is 14.1 Å². The van der Waals surface area contributed by atoms with Crippen molar-refractivity contribution in [2.24, 2.45) is 5.92 Å². The van der Waals surface area contributed by atoms with E-state index in [1.165, 1.54) is 0 Å². The van der Waals surface area contributed by atoms with Gasteiger partial charge in [0.1, 0.15) is 0 Å². The number of aryl methyl sites for hydroxylation is 1. The van der Waals surface area contributed by atoms with Gasteiger partial charge in [-0.05, 0) is 19.8 Å². The molecule has 0 bridgehead atoms. The zero-order valence-electron chi connectivity index (χ0n) is 12.4. The average Bonchev–Trinajstić information content (AvgIpc) is 3.06. The highest BCUT2D eigenvalue weighted by Crippen LogP contribution is 2.26. The van der Waals surface area contributed by atoms with Gasteiger partial charge in [0, 0.05) is 49.9 Å². The average molecular weight is 311 g/mol. The second-order valence-corrected chi connectivity index (χ2v) is 7.20. The third kappa shape index (κ3) is 3.43. The lowest BCUT2D eigenvalue weighted by Gasteiger charge is -2.36. The summed E-state index contributed by atoms with van der Waals surface area (Å²) in [5.74, 6) is 0.0692. The molecule has 1 amide bonds. The fraction of sp³-hybridized carbons (Fsp3) is 0.733. The molecule has 2 aliphatic rings. The molecular weight excluding hydrogens is 289 g/mol. The van der Waals surface area contributed by atoms with Crippen molar-refractivity contribution in [3.8, 4) is 0 Å². The van der Waals surface area contributed by atoms with Gasteiger partial charge in [0.05, 0.1) is 17.4 Å². The zero-order chi connectivity index (χ0) is 14.8. The molecule has 2 saturated heterocycles. The number of piperidine rings is 1. The number of nitrogens with zero attached hydrogens (tertiary/aromatic N) is 3. The standard InChI is InChI=1S/C15H22FN3OS/c1-11-17-13(10-21-11)9-18-4-2-14(3-5-18)19-8-12(7-16)6-15(19)20/h10,12,14H,2-9H2,1H3. The van der Waals surface area contributed by atoms with Crippen molar-refractivity contribution in [3.05, 3.63) is 16.1 Å². The first-order valence-electron chi connectivity index (χ1n) is 7.64. The predicted molar refractivity (Wildman–Crippen MR) is 80.9 cm³/mol. The summed E-state index contributed by atoms with van der Waals surface area (Å²) in [6.45, 7) is 5.16. The van der Waals surface area contributed by atoms with Crippen LogP contribution in [0.15, 0.2) is 5.38 Å². The highest BCUT2D eigenvalue weighted by atomic mass is 32.1. The van der Waals surface area contributed by atoms with E-state index in [0.717, 1.165) is 43.2 Å². The fourth-order valence-corrected chi connectivity index (χ4v) is 3.97. The molecule has 4 nitrogen and oxygen atoms in total. The normalized spacial score (nSPS) is 25.0. The summed E-state index contributed by atoms with van der Waals surface area (Å²) in [5.41, 5.74) is 1.14. The number of carbonyl (C=O) groups excluding carboxylic acids is 1. The lowest BCUT2D eigenvalue weighted by atomic mass is 10.0. The van der Waals surface area contributed by atoms with Gasteiger partial charge in [0.25, 0.3) is 0 Å². The molecule has 6 heteroatoms. The van der Waals surface area contributed by atoms with E-state index in [1.807, 2.05) is 11.8 Å². The Morgan fingerprint density at radius 2 is 2.19 bits per heavy atom. The second-order valence-electron chi connectivity index (χ2n) is 6.14. The van der Waals surface area contributed by atoms with E-state index in [4.69, 9.17) is 0 Å². The first kappa shape index (κ1) is 14.9. The monoisotopic (exact) mass is 311 g/mol. The van der Waals surface area contributed by atoms with Gasteiger partial charge in [-0.25, -0.2) is 4.98 Å². The van der Waals surface area contributed by atoms with Crippen molar-refractivity contribution in [2.75, 3.05) is 26.3 Å². The van der Waals surface area contributed by atoms with E-state index in [0.29, 0.717) is 19.0 Å². The molecule has 2 aliphatic heterocycles. The Hall–Kier alpha value is -1.01. The van der Waals surface area contributed by atoms with Crippen LogP contribution in [0, 0.1) is 12.8 Å². The molecule has 0 N–H and O–H groups in total. The number of thiazole rings is 1. The van der Waals surface area contributed by atoms with Crippen molar-refractivity contribution >= 4 is 17.2 Å². The van der Waals surface area contributed by atoms with Crippen molar-refractivity contribution in [1.29, 1.82) is 0 Å². The van der Waals surface area contributed by atoms with E-state index in [-0.39, 0.29) is 18.5 Å². The van der Waals surface area contributed by atoms with Crippen LogP contribution in [0.1, 0.15) is 30.0 Å². The van der Waals surface area contributed by atoms with Gasteiger partial charge in [-0.1, -0.05) is 0 Å². The summed E-state index contributed by atoms with van der Waals surface area (Å²) < 4.78 is 12.7. The van der Waals surface area contributed by atoms with Crippen LogP contribution >= 0.6 is 11.3 Å². The molecule has 0 aromatic carbocycles. The number of likely N-dealkylation sites (tertiary alicyclic amines) is 2. The summed E-state index contributed by atoms with van der Waals surface area (Å²) >= 11 is 1.69. The Morgan fingerprint density at radius 1 is 1.43 bits per heavy atom. The van der Waals surface area contributed by atoms with Gasteiger partial charge in [-0.15, -0.1) is 11.3 Å². The molecule has 1 aromatic heterocycles. The molecule has 21 heavy (non-hydrogen) atoms. The number of halogens is 1. The summed E-state index contributed by atoms with van der Waals surface area (Å²) in [6.07, 6.45) is 2.39. The first-order chi connectivity index (χ1) is 10.2. The summed E-state index contributed by atoms with van der Waals surface area (Å²) in [5, 5.41) is 3.23. The van der Waals surface area contributed by atoms with E-state index in [2.05, 4.69) is 15.3 Å². The quantitative estimate of drug-likeness (QED) is 0.855. The molecule has 116 valence electrons. The topological polar surface area (TPSA) is 36.4 Å². The maximum absolute atomic E-state index is 12.7. The summed E-state index contributed by atoms with van der Waals surface area (Å²) in [4.78, 5) is 20.8. The van der Waals surface area contributed by atoms with Crippen LogP contribution in [-0.2, 0) is 11.3 Å². The number of carbonyl (C=O) groups is 1. The Balaban J connectivity index is 1.50. The molecular formula is C15H22FN3OS. The fourth-order valence-electron chi connectivity index (χ4n) is 3.36.